The molecule has 1 aliphatic heterocycles. The van der Waals surface area contributed by atoms with Crippen molar-refractivity contribution in [3.8, 4) is 0 Å². The average Bonchev–Trinajstić information content (AvgIpc) is 3.27. The fourth-order valence-corrected chi connectivity index (χ4v) is 4.38. The number of benzene rings is 2. The molecule has 0 saturated heterocycles. The van der Waals surface area contributed by atoms with Gasteiger partial charge in [0, 0.05) is 25.3 Å². The van der Waals surface area contributed by atoms with E-state index in [0.717, 1.165) is 57.4 Å². The lowest BCUT2D eigenvalue weighted by molar-refractivity contribution is 0.0615. The minimum Gasteiger partial charge on any atom is -0.388 e. The molecule has 4 rings (SSSR count). The standard InChI is InChI=1S/C23H30N2O/c26-23(12-3-4-13-23)18-24-22-11-5-7-19(15-22)8-6-14-25-16-20-9-1-2-10-21(20)17-25/h1-2,5,7,9-11,15,24,26H,3-4,6,8,12-14,16-18H2. The SMILES string of the molecule is OC1(CNc2cccc(CCCN3Cc4ccccc4C3)c2)CCCC1. The minimum atomic E-state index is -0.499. The molecular weight excluding hydrogens is 320 g/mol. The summed E-state index contributed by atoms with van der Waals surface area (Å²) in [5.74, 6) is 0. The summed E-state index contributed by atoms with van der Waals surface area (Å²) in [6.07, 6.45) is 6.45. The second kappa shape index (κ2) is 7.81. The summed E-state index contributed by atoms with van der Waals surface area (Å²) >= 11 is 0. The maximum Gasteiger partial charge on any atom is 0.0819 e. The van der Waals surface area contributed by atoms with Crippen LogP contribution in [0, 0.1) is 0 Å². The number of aryl methyl sites for hydroxylation is 1. The Labute approximate surface area is 157 Å². The topological polar surface area (TPSA) is 35.5 Å². The molecule has 2 aromatic rings. The van der Waals surface area contributed by atoms with E-state index in [2.05, 4.69) is 58.7 Å². The summed E-state index contributed by atoms with van der Waals surface area (Å²) < 4.78 is 0. The summed E-state index contributed by atoms with van der Waals surface area (Å²) in [6, 6.07) is 17.5. The molecule has 26 heavy (non-hydrogen) atoms. The van der Waals surface area contributed by atoms with Gasteiger partial charge in [0.2, 0.25) is 0 Å². The lowest BCUT2D eigenvalue weighted by Crippen LogP contribution is -2.33. The maximum absolute atomic E-state index is 10.5. The summed E-state index contributed by atoms with van der Waals surface area (Å²) in [4.78, 5) is 2.54. The Kier molecular flexibility index (Phi) is 5.28. The van der Waals surface area contributed by atoms with E-state index in [1.165, 1.54) is 23.1 Å². The molecule has 1 fully saturated rings. The third-order valence-corrected chi connectivity index (χ3v) is 5.93. The van der Waals surface area contributed by atoms with E-state index >= 15 is 0 Å². The Balaban J connectivity index is 1.24. The van der Waals surface area contributed by atoms with Crippen molar-refractivity contribution in [3.05, 3.63) is 65.2 Å². The normalized spacial score (nSPS) is 18.8. The van der Waals surface area contributed by atoms with Crippen LogP contribution >= 0.6 is 0 Å². The Bertz CT molecular complexity index is 711. The highest BCUT2D eigenvalue weighted by Gasteiger charge is 2.30. The molecule has 1 aliphatic carbocycles. The Morgan fingerprint density at radius 1 is 0.962 bits per heavy atom. The zero-order valence-electron chi connectivity index (χ0n) is 15.6. The van der Waals surface area contributed by atoms with Gasteiger partial charge in [-0.2, -0.15) is 0 Å². The van der Waals surface area contributed by atoms with Gasteiger partial charge in [-0.15, -0.1) is 0 Å². The van der Waals surface area contributed by atoms with Gasteiger partial charge in [-0.05, 0) is 61.1 Å². The highest BCUT2D eigenvalue weighted by molar-refractivity contribution is 5.46. The van der Waals surface area contributed by atoms with Gasteiger partial charge in [0.25, 0.3) is 0 Å². The molecule has 0 bridgehead atoms. The van der Waals surface area contributed by atoms with Crippen molar-refractivity contribution >= 4 is 5.69 Å². The number of hydrogen-bond donors (Lipinski definition) is 2. The zero-order chi connectivity index (χ0) is 17.8. The Hall–Kier alpha value is -1.84. The number of nitrogens with zero attached hydrogens (tertiary/aromatic N) is 1. The molecule has 1 heterocycles. The molecule has 1 saturated carbocycles. The molecule has 0 radical (unpaired) electrons. The van der Waals surface area contributed by atoms with E-state index in [-0.39, 0.29) is 0 Å². The average molecular weight is 351 g/mol. The van der Waals surface area contributed by atoms with Crippen LogP contribution < -0.4 is 5.32 Å². The van der Waals surface area contributed by atoms with E-state index in [9.17, 15) is 5.11 Å². The summed E-state index contributed by atoms with van der Waals surface area (Å²) in [5, 5.41) is 13.9. The van der Waals surface area contributed by atoms with E-state index < -0.39 is 5.60 Å². The predicted octanol–water partition coefficient (Wildman–Crippen LogP) is 4.35. The summed E-state index contributed by atoms with van der Waals surface area (Å²) in [7, 11) is 0. The summed E-state index contributed by atoms with van der Waals surface area (Å²) in [6.45, 7) is 4.00. The van der Waals surface area contributed by atoms with Crippen molar-refractivity contribution in [1.29, 1.82) is 0 Å². The van der Waals surface area contributed by atoms with Crippen molar-refractivity contribution in [2.75, 3.05) is 18.4 Å². The first-order valence-corrected chi connectivity index (χ1v) is 10.0. The fraction of sp³-hybridized carbons (Fsp3) is 0.478. The van der Waals surface area contributed by atoms with E-state index in [4.69, 9.17) is 0 Å². The quantitative estimate of drug-likeness (QED) is 0.779. The van der Waals surface area contributed by atoms with Crippen molar-refractivity contribution in [2.24, 2.45) is 0 Å². The van der Waals surface area contributed by atoms with E-state index in [1.807, 2.05) is 0 Å². The molecule has 3 heteroatoms. The monoisotopic (exact) mass is 350 g/mol. The van der Waals surface area contributed by atoms with Crippen molar-refractivity contribution in [3.63, 3.8) is 0 Å². The van der Waals surface area contributed by atoms with Gasteiger partial charge in [-0.1, -0.05) is 49.2 Å². The number of rotatable bonds is 7. The van der Waals surface area contributed by atoms with Gasteiger partial charge in [0.15, 0.2) is 0 Å². The third-order valence-electron chi connectivity index (χ3n) is 5.93. The van der Waals surface area contributed by atoms with Crippen LogP contribution in [0.2, 0.25) is 0 Å². The highest BCUT2D eigenvalue weighted by Crippen LogP contribution is 2.29. The van der Waals surface area contributed by atoms with Crippen LogP contribution in [0.4, 0.5) is 5.69 Å². The van der Waals surface area contributed by atoms with Crippen LogP contribution in [0.1, 0.15) is 48.8 Å². The van der Waals surface area contributed by atoms with Crippen LogP contribution in [0.5, 0.6) is 0 Å². The van der Waals surface area contributed by atoms with Crippen LogP contribution in [0.25, 0.3) is 0 Å². The first-order chi connectivity index (χ1) is 12.7. The molecule has 3 nitrogen and oxygen atoms in total. The molecule has 2 aliphatic rings. The second-order valence-corrected chi connectivity index (χ2v) is 8.07. The smallest absolute Gasteiger partial charge is 0.0819 e. The molecular formula is C23H30N2O. The molecule has 0 aromatic heterocycles. The van der Waals surface area contributed by atoms with Gasteiger partial charge in [-0.3, -0.25) is 4.90 Å². The van der Waals surface area contributed by atoms with E-state index in [1.54, 1.807) is 0 Å². The van der Waals surface area contributed by atoms with Crippen LogP contribution in [-0.2, 0) is 19.5 Å². The van der Waals surface area contributed by atoms with Gasteiger partial charge in [0.1, 0.15) is 0 Å². The van der Waals surface area contributed by atoms with E-state index in [0.29, 0.717) is 6.54 Å². The second-order valence-electron chi connectivity index (χ2n) is 8.07. The fourth-order valence-electron chi connectivity index (χ4n) is 4.38. The number of fused-ring (bicyclic) bond motifs is 1. The first-order valence-electron chi connectivity index (χ1n) is 10.0. The molecule has 2 aromatic carbocycles. The lowest BCUT2D eigenvalue weighted by atomic mass is 10.0. The Morgan fingerprint density at radius 3 is 2.42 bits per heavy atom. The molecule has 0 atom stereocenters. The van der Waals surface area contributed by atoms with Crippen molar-refractivity contribution in [2.45, 2.75) is 57.2 Å². The van der Waals surface area contributed by atoms with Crippen molar-refractivity contribution in [1.82, 2.24) is 4.90 Å². The zero-order valence-corrected chi connectivity index (χ0v) is 15.6. The molecule has 2 N–H and O–H groups in total. The first kappa shape index (κ1) is 17.6. The lowest BCUT2D eigenvalue weighted by Gasteiger charge is -2.23. The largest absolute Gasteiger partial charge is 0.388 e. The highest BCUT2D eigenvalue weighted by atomic mass is 16.3. The minimum absolute atomic E-state index is 0.499. The number of anilines is 1. The molecule has 0 unspecified atom stereocenters. The van der Waals surface area contributed by atoms with Gasteiger partial charge >= 0.3 is 0 Å². The van der Waals surface area contributed by atoms with Crippen LogP contribution in [-0.4, -0.2) is 28.7 Å². The molecule has 138 valence electrons. The number of nitrogens with one attached hydrogen (secondary N) is 1. The number of aliphatic hydroxyl groups is 1. The maximum atomic E-state index is 10.5. The van der Waals surface area contributed by atoms with Crippen LogP contribution in [0.15, 0.2) is 48.5 Å². The van der Waals surface area contributed by atoms with Gasteiger partial charge < -0.3 is 10.4 Å². The van der Waals surface area contributed by atoms with Gasteiger partial charge in [0.05, 0.1) is 5.60 Å². The van der Waals surface area contributed by atoms with Crippen molar-refractivity contribution < 1.29 is 5.11 Å². The predicted molar refractivity (Wildman–Crippen MR) is 107 cm³/mol. The third kappa shape index (κ3) is 4.28. The summed E-state index contributed by atoms with van der Waals surface area (Å²) in [5.41, 5.74) is 4.99. The Morgan fingerprint density at radius 2 is 1.69 bits per heavy atom. The van der Waals surface area contributed by atoms with Gasteiger partial charge in [-0.25, -0.2) is 0 Å². The van der Waals surface area contributed by atoms with Crippen LogP contribution in [0.3, 0.4) is 0 Å². The molecule has 0 spiro atoms. The number of hydrogen-bond acceptors (Lipinski definition) is 3. The molecule has 0 amide bonds.